The molecule has 0 N–H and O–H groups in total. The SMILES string of the molecule is CCCCCCCCCCCCCCCCCC(=O)OC[C@H](COC(=O)CCCCCCCCC(C)C)OC(=O)CCCCCCCCC(C)CC. The third-order valence-corrected chi connectivity index (χ3v) is 10.6. The molecule has 0 aliphatic carbocycles. The lowest BCUT2D eigenvalue weighted by molar-refractivity contribution is -0.167. The van der Waals surface area contributed by atoms with Crippen LogP contribution in [0.5, 0.6) is 0 Å². The van der Waals surface area contributed by atoms with Gasteiger partial charge in [0.15, 0.2) is 6.10 Å². The van der Waals surface area contributed by atoms with Crippen molar-refractivity contribution in [2.75, 3.05) is 13.2 Å². The number of hydrogen-bond acceptors (Lipinski definition) is 6. The summed E-state index contributed by atoms with van der Waals surface area (Å²) in [5.41, 5.74) is 0. The molecule has 0 fully saturated rings. The highest BCUT2D eigenvalue weighted by Gasteiger charge is 2.19. The summed E-state index contributed by atoms with van der Waals surface area (Å²) in [6.07, 6.45) is 36.7. The van der Waals surface area contributed by atoms with Gasteiger partial charge in [0, 0.05) is 19.3 Å². The van der Waals surface area contributed by atoms with Gasteiger partial charge < -0.3 is 14.2 Å². The van der Waals surface area contributed by atoms with Crippen molar-refractivity contribution in [3.8, 4) is 0 Å². The predicted octanol–water partition coefficient (Wildman–Crippen LogP) is 14.2. The Morgan fingerprint density at radius 3 is 1.10 bits per heavy atom. The highest BCUT2D eigenvalue weighted by atomic mass is 16.6. The second-order valence-corrected chi connectivity index (χ2v) is 16.4. The minimum absolute atomic E-state index is 0.0663. The Morgan fingerprint density at radius 2 is 0.731 bits per heavy atom. The molecule has 308 valence electrons. The summed E-state index contributed by atoms with van der Waals surface area (Å²) in [5, 5.41) is 0. The minimum atomic E-state index is -0.761. The van der Waals surface area contributed by atoms with Gasteiger partial charge in [0.1, 0.15) is 13.2 Å². The number of carbonyl (C=O) groups excluding carboxylic acids is 3. The fourth-order valence-corrected chi connectivity index (χ4v) is 6.72. The largest absolute Gasteiger partial charge is 0.462 e. The zero-order valence-electron chi connectivity index (χ0n) is 35.4. The lowest BCUT2D eigenvalue weighted by Gasteiger charge is -2.18. The second kappa shape index (κ2) is 39.1. The zero-order chi connectivity index (χ0) is 38.3. The van der Waals surface area contributed by atoms with Gasteiger partial charge in [0.05, 0.1) is 0 Å². The highest BCUT2D eigenvalue weighted by molar-refractivity contribution is 5.71. The van der Waals surface area contributed by atoms with Crippen molar-refractivity contribution < 1.29 is 28.6 Å². The van der Waals surface area contributed by atoms with E-state index in [9.17, 15) is 14.4 Å². The van der Waals surface area contributed by atoms with Crippen LogP contribution < -0.4 is 0 Å². The van der Waals surface area contributed by atoms with Gasteiger partial charge >= 0.3 is 17.9 Å². The van der Waals surface area contributed by atoms with Crippen molar-refractivity contribution in [2.45, 2.75) is 253 Å². The normalized spacial score (nSPS) is 12.6. The Hall–Kier alpha value is -1.59. The molecule has 0 aromatic heterocycles. The van der Waals surface area contributed by atoms with Gasteiger partial charge in [-0.3, -0.25) is 14.4 Å². The first kappa shape index (κ1) is 50.4. The molecule has 52 heavy (non-hydrogen) atoms. The maximum atomic E-state index is 12.7. The maximum Gasteiger partial charge on any atom is 0.306 e. The van der Waals surface area contributed by atoms with E-state index < -0.39 is 6.10 Å². The van der Waals surface area contributed by atoms with Crippen LogP contribution in [0.4, 0.5) is 0 Å². The van der Waals surface area contributed by atoms with E-state index >= 15 is 0 Å². The molecule has 0 heterocycles. The van der Waals surface area contributed by atoms with E-state index in [0.29, 0.717) is 19.3 Å². The molecule has 2 atom stereocenters. The Kier molecular flexibility index (Phi) is 37.9. The summed E-state index contributed by atoms with van der Waals surface area (Å²) in [6.45, 7) is 11.2. The summed E-state index contributed by atoms with van der Waals surface area (Å²) in [5.74, 6) is 0.708. The minimum Gasteiger partial charge on any atom is -0.462 e. The van der Waals surface area contributed by atoms with Gasteiger partial charge in [0.25, 0.3) is 0 Å². The average molecular weight is 737 g/mol. The fourth-order valence-electron chi connectivity index (χ4n) is 6.72. The molecule has 0 aliphatic rings. The van der Waals surface area contributed by atoms with E-state index in [0.717, 1.165) is 69.6 Å². The van der Waals surface area contributed by atoms with Crippen molar-refractivity contribution >= 4 is 17.9 Å². The molecule has 0 radical (unpaired) electrons. The average Bonchev–Trinajstić information content (AvgIpc) is 3.12. The van der Waals surface area contributed by atoms with E-state index in [2.05, 4.69) is 34.6 Å². The van der Waals surface area contributed by atoms with Gasteiger partial charge in [0.2, 0.25) is 0 Å². The van der Waals surface area contributed by atoms with Crippen LogP contribution in [0.15, 0.2) is 0 Å². The standard InChI is InChI=1S/C46H88O6/c1-6-8-9-10-11-12-13-14-15-16-17-18-19-26-31-36-44(47)50-39-43(40-51-45(48)37-32-27-22-20-24-29-34-41(3)4)52-46(49)38-33-28-23-21-25-30-35-42(5)7-2/h41-43H,6-40H2,1-5H3/t42?,43-/m1/s1. The highest BCUT2D eigenvalue weighted by Crippen LogP contribution is 2.17. The zero-order valence-corrected chi connectivity index (χ0v) is 35.4. The Bertz CT molecular complexity index is 796. The summed E-state index contributed by atoms with van der Waals surface area (Å²) in [4.78, 5) is 37.6. The molecule has 0 rings (SSSR count). The molecular weight excluding hydrogens is 648 g/mol. The van der Waals surface area contributed by atoms with E-state index in [4.69, 9.17) is 14.2 Å². The van der Waals surface area contributed by atoms with Crippen LogP contribution in [0.1, 0.15) is 247 Å². The third-order valence-electron chi connectivity index (χ3n) is 10.6. The van der Waals surface area contributed by atoms with E-state index in [1.807, 2.05) is 0 Å². The van der Waals surface area contributed by atoms with Crippen LogP contribution >= 0.6 is 0 Å². The van der Waals surface area contributed by atoms with Crippen molar-refractivity contribution in [1.29, 1.82) is 0 Å². The van der Waals surface area contributed by atoms with Crippen LogP contribution in [-0.4, -0.2) is 37.2 Å². The van der Waals surface area contributed by atoms with Crippen molar-refractivity contribution in [2.24, 2.45) is 11.8 Å². The quantitative estimate of drug-likeness (QED) is 0.0354. The number of unbranched alkanes of at least 4 members (excludes halogenated alkanes) is 24. The van der Waals surface area contributed by atoms with E-state index in [-0.39, 0.29) is 31.1 Å². The number of hydrogen-bond donors (Lipinski definition) is 0. The van der Waals surface area contributed by atoms with Crippen LogP contribution in [-0.2, 0) is 28.6 Å². The number of esters is 3. The Labute approximate surface area is 323 Å². The summed E-state index contributed by atoms with van der Waals surface area (Å²) >= 11 is 0. The first-order valence-corrected chi connectivity index (χ1v) is 22.8. The molecule has 0 bridgehead atoms. The van der Waals surface area contributed by atoms with Gasteiger partial charge in [-0.05, 0) is 31.1 Å². The van der Waals surface area contributed by atoms with Crippen LogP contribution in [0.25, 0.3) is 0 Å². The molecule has 0 spiro atoms. The molecular formula is C46H88O6. The lowest BCUT2D eigenvalue weighted by atomic mass is 10.00. The monoisotopic (exact) mass is 737 g/mol. The maximum absolute atomic E-state index is 12.7. The Morgan fingerprint density at radius 1 is 0.404 bits per heavy atom. The number of carbonyl (C=O) groups is 3. The van der Waals surface area contributed by atoms with Crippen molar-refractivity contribution in [3.05, 3.63) is 0 Å². The predicted molar refractivity (Wildman–Crippen MR) is 220 cm³/mol. The van der Waals surface area contributed by atoms with Gasteiger partial charge in [-0.15, -0.1) is 0 Å². The summed E-state index contributed by atoms with van der Waals surface area (Å²) in [6, 6.07) is 0. The molecule has 6 heteroatoms. The first-order chi connectivity index (χ1) is 25.3. The molecule has 6 nitrogen and oxygen atoms in total. The van der Waals surface area contributed by atoms with Gasteiger partial charge in [-0.1, -0.05) is 208 Å². The van der Waals surface area contributed by atoms with E-state index in [1.54, 1.807) is 0 Å². The van der Waals surface area contributed by atoms with Gasteiger partial charge in [-0.2, -0.15) is 0 Å². The number of rotatable bonds is 40. The van der Waals surface area contributed by atoms with Crippen LogP contribution in [0.2, 0.25) is 0 Å². The van der Waals surface area contributed by atoms with Crippen LogP contribution in [0, 0.1) is 11.8 Å². The molecule has 1 unspecified atom stereocenters. The summed E-state index contributed by atoms with van der Waals surface area (Å²) in [7, 11) is 0. The first-order valence-electron chi connectivity index (χ1n) is 22.8. The second-order valence-electron chi connectivity index (χ2n) is 16.4. The van der Waals surface area contributed by atoms with Crippen molar-refractivity contribution in [3.63, 3.8) is 0 Å². The molecule has 0 aromatic rings. The molecule has 0 amide bonds. The Balaban J connectivity index is 4.29. The molecule has 0 saturated carbocycles. The van der Waals surface area contributed by atoms with Crippen molar-refractivity contribution in [1.82, 2.24) is 0 Å². The topological polar surface area (TPSA) is 78.9 Å². The molecule has 0 saturated heterocycles. The fraction of sp³-hybridized carbons (Fsp3) is 0.935. The molecule has 0 aliphatic heterocycles. The third kappa shape index (κ3) is 38.1. The molecule has 0 aromatic carbocycles. The van der Waals surface area contributed by atoms with Crippen LogP contribution in [0.3, 0.4) is 0 Å². The lowest BCUT2D eigenvalue weighted by Crippen LogP contribution is -2.30. The smallest absolute Gasteiger partial charge is 0.306 e. The number of ether oxygens (including phenoxy) is 3. The summed E-state index contributed by atoms with van der Waals surface area (Å²) < 4.78 is 16.7. The van der Waals surface area contributed by atoms with E-state index in [1.165, 1.54) is 135 Å². The van der Waals surface area contributed by atoms with Gasteiger partial charge in [-0.25, -0.2) is 0 Å².